The first kappa shape index (κ1) is 20.4. The van der Waals surface area contributed by atoms with Gasteiger partial charge in [-0.1, -0.05) is 6.42 Å². The van der Waals surface area contributed by atoms with E-state index in [1.807, 2.05) is 4.72 Å². The van der Waals surface area contributed by atoms with E-state index in [0.717, 1.165) is 36.8 Å². The maximum absolute atomic E-state index is 12.0. The molecule has 2 aromatic rings. The van der Waals surface area contributed by atoms with Gasteiger partial charge >= 0.3 is 0 Å². The number of nitrogens with zero attached hydrogens (tertiary/aromatic N) is 2. The van der Waals surface area contributed by atoms with Crippen LogP contribution in [0.5, 0.6) is 0 Å². The smallest absolute Gasteiger partial charge is 0.264 e. The number of sulfonamides is 1. The fraction of sp³-hybridized carbons (Fsp3) is 0.286. The van der Waals surface area contributed by atoms with E-state index in [9.17, 15) is 18.5 Å². The third-order valence-electron chi connectivity index (χ3n) is 5.10. The van der Waals surface area contributed by atoms with E-state index < -0.39 is 15.9 Å². The number of hydrogen-bond acceptors (Lipinski definition) is 7. The summed E-state index contributed by atoms with van der Waals surface area (Å²) in [6.45, 7) is 1.14. The number of nitriles is 1. The molecular weight excluding hydrogens is 422 g/mol. The fourth-order valence-corrected chi connectivity index (χ4v) is 6.18. The molecule has 1 amide bonds. The van der Waals surface area contributed by atoms with Crippen LogP contribution < -0.4 is 4.72 Å². The van der Waals surface area contributed by atoms with E-state index >= 15 is 0 Å². The highest BCUT2D eigenvalue weighted by molar-refractivity contribution is 8.04. The minimum atomic E-state index is -3.87. The van der Waals surface area contributed by atoms with Gasteiger partial charge in [0.1, 0.15) is 16.5 Å². The van der Waals surface area contributed by atoms with Gasteiger partial charge in [0, 0.05) is 23.7 Å². The number of nitrogens with one attached hydrogen (secondary N) is 1. The minimum Gasteiger partial charge on any atom is -0.455 e. The van der Waals surface area contributed by atoms with Gasteiger partial charge in [-0.15, -0.1) is 11.8 Å². The molecule has 30 heavy (non-hydrogen) atoms. The Morgan fingerprint density at radius 1 is 1.27 bits per heavy atom. The van der Waals surface area contributed by atoms with Gasteiger partial charge in [-0.3, -0.25) is 4.79 Å². The number of furan rings is 1. The molecule has 0 unspecified atom stereocenters. The zero-order chi connectivity index (χ0) is 21.3. The van der Waals surface area contributed by atoms with E-state index in [-0.39, 0.29) is 4.90 Å². The van der Waals surface area contributed by atoms with Crippen LogP contribution in [0.15, 0.2) is 61.3 Å². The van der Waals surface area contributed by atoms with Crippen molar-refractivity contribution in [1.82, 2.24) is 4.72 Å². The van der Waals surface area contributed by atoms with Crippen LogP contribution in [0.25, 0.3) is 11.3 Å². The summed E-state index contributed by atoms with van der Waals surface area (Å²) in [5, 5.41) is 10.7. The van der Waals surface area contributed by atoms with Crippen LogP contribution in [0.2, 0.25) is 0 Å². The van der Waals surface area contributed by atoms with Gasteiger partial charge in [-0.05, 0) is 49.2 Å². The average Bonchev–Trinajstić information content (AvgIpc) is 3.41. The van der Waals surface area contributed by atoms with Crippen molar-refractivity contribution in [2.75, 3.05) is 0 Å². The van der Waals surface area contributed by atoms with Crippen molar-refractivity contribution in [1.29, 1.82) is 5.26 Å². The molecule has 2 aliphatic rings. The van der Waals surface area contributed by atoms with E-state index in [4.69, 9.17) is 4.42 Å². The molecule has 1 aliphatic carbocycles. The molecule has 1 saturated carbocycles. The quantitative estimate of drug-likeness (QED) is 0.706. The Balaban J connectivity index is 1.50. The third-order valence-corrected chi connectivity index (χ3v) is 7.96. The lowest BCUT2D eigenvalue weighted by molar-refractivity contribution is -0.117. The first-order valence-corrected chi connectivity index (χ1v) is 11.8. The molecule has 154 valence electrons. The minimum absolute atomic E-state index is 0.00503. The maximum Gasteiger partial charge on any atom is 0.264 e. The van der Waals surface area contributed by atoms with Crippen molar-refractivity contribution in [3.63, 3.8) is 0 Å². The predicted octanol–water partition coefficient (Wildman–Crippen LogP) is 3.84. The summed E-state index contributed by atoms with van der Waals surface area (Å²) in [6, 6.07) is 11.9. The van der Waals surface area contributed by atoms with Crippen molar-refractivity contribution in [3.05, 3.63) is 52.8 Å². The second-order valence-electron chi connectivity index (χ2n) is 7.17. The highest BCUT2D eigenvalue weighted by Crippen LogP contribution is 2.50. The van der Waals surface area contributed by atoms with Gasteiger partial charge in [-0.2, -0.15) is 5.26 Å². The molecule has 1 aromatic heterocycles. The lowest BCUT2D eigenvalue weighted by Gasteiger charge is -2.05. The zero-order valence-corrected chi connectivity index (χ0v) is 17.8. The van der Waals surface area contributed by atoms with Crippen molar-refractivity contribution >= 4 is 33.9 Å². The lowest BCUT2D eigenvalue weighted by Crippen LogP contribution is -2.28. The largest absolute Gasteiger partial charge is 0.455 e. The normalized spacial score (nSPS) is 21.1. The molecule has 2 heterocycles. The number of carbonyl (C=O) groups is 1. The number of benzene rings is 1. The number of carbonyl (C=O) groups excluding carboxylic acids is 1. The number of allylic oxidation sites excluding steroid dienone is 1. The first-order chi connectivity index (χ1) is 14.4. The van der Waals surface area contributed by atoms with Crippen LogP contribution in [-0.4, -0.2) is 25.8 Å². The second-order valence-corrected chi connectivity index (χ2v) is 10.1. The molecule has 0 radical (unpaired) electrons. The Kier molecular flexibility index (Phi) is 5.54. The van der Waals surface area contributed by atoms with Gasteiger partial charge in [0.05, 0.1) is 22.8 Å². The number of rotatable bonds is 5. The summed E-state index contributed by atoms with van der Waals surface area (Å²) in [5.74, 6) is 0.784. The van der Waals surface area contributed by atoms with Crippen molar-refractivity contribution in [2.45, 2.75) is 36.3 Å². The Labute approximate surface area is 178 Å². The van der Waals surface area contributed by atoms with Gasteiger partial charge in [-0.25, -0.2) is 18.1 Å². The molecule has 1 aliphatic heterocycles. The summed E-state index contributed by atoms with van der Waals surface area (Å²) >= 11 is 1.68. The van der Waals surface area contributed by atoms with E-state index in [2.05, 4.69) is 11.1 Å². The zero-order valence-electron chi connectivity index (χ0n) is 16.2. The fourth-order valence-electron chi connectivity index (χ4n) is 3.74. The van der Waals surface area contributed by atoms with Crippen LogP contribution in [0.4, 0.5) is 0 Å². The van der Waals surface area contributed by atoms with Gasteiger partial charge < -0.3 is 4.42 Å². The van der Waals surface area contributed by atoms with Crippen LogP contribution >= 0.6 is 11.8 Å². The van der Waals surface area contributed by atoms with Crippen molar-refractivity contribution in [3.8, 4) is 17.4 Å². The average molecular weight is 442 g/mol. The van der Waals surface area contributed by atoms with E-state index in [0.29, 0.717) is 28.3 Å². The van der Waals surface area contributed by atoms with Crippen LogP contribution in [0.3, 0.4) is 0 Å². The number of fused-ring (bicyclic) bond motifs is 1. The lowest BCUT2D eigenvalue weighted by atomic mass is 10.00. The summed E-state index contributed by atoms with van der Waals surface area (Å²) in [4.78, 5) is 15.5. The van der Waals surface area contributed by atoms with Gasteiger partial charge in [0.2, 0.25) is 5.91 Å². The number of amides is 1. The Morgan fingerprint density at radius 2 is 2.03 bits per heavy atom. The molecule has 1 N–H and O–H groups in total. The standard InChI is InChI=1S/C21H19N3O4S2/c1-13(25)24-30(26,27)16-8-5-14(6-9-16)19-10-7-15(28-19)12-23-21-18(11-22)17-3-2-4-20(17)29-21/h5-10,12,17,20H,2-4H2,1H3,(H,24,25)/t17-,20+/m0/s1. The van der Waals surface area contributed by atoms with Gasteiger partial charge in [0.15, 0.2) is 0 Å². The van der Waals surface area contributed by atoms with Crippen LogP contribution in [0, 0.1) is 17.2 Å². The van der Waals surface area contributed by atoms with Gasteiger partial charge in [0.25, 0.3) is 10.0 Å². The molecule has 1 aromatic carbocycles. The predicted molar refractivity (Wildman–Crippen MR) is 114 cm³/mol. The summed E-state index contributed by atoms with van der Waals surface area (Å²) in [6.07, 6.45) is 4.95. The number of hydrogen-bond donors (Lipinski definition) is 1. The molecule has 0 spiro atoms. The molecule has 2 atom stereocenters. The van der Waals surface area contributed by atoms with E-state index in [1.54, 1.807) is 42.2 Å². The van der Waals surface area contributed by atoms with Crippen LogP contribution in [0.1, 0.15) is 31.9 Å². The van der Waals surface area contributed by atoms with Crippen molar-refractivity contribution < 1.29 is 17.6 Å². The topological polar surface area (TPSA) is 113 Å². The summed E-state index contributed by atoms with van der Waals surface area (Å²) in [7, 11) is -3.87. The highest BCUT2D eigenvalue weighted by Gasteiger charge is 2.39. The molecule has 1 fully saturated rings. The Bertz CT molecular complexity index is 1190. The molecule has 9 heteroatoms. The monoisotopic (exact) mass is 441 g/mol. The second kappa shape index (κ2) is 8.13. The SMILES string of the molecule is CC(=O)NS(=O)(=O)c1ccc(-c2ccc(C=NC3=C(C#N)[C@@H]4CCC[C@H]4S3)o2)cc1. The number of thioether (sulfide) groups is 1. The summed E-state index contributed by atoms with van der Waals surface area (Å²) < 4.78 is 31.8. The highest BCUT2D eigenvalue weighted by atomic mass is 32.2. The molecular formula is C21H19N3O4S2. The summed E-state index contributed by atoms with van der Waals surface area (Å²) in [5.41, 5.74) is 1.47. The number of aliphatic imine (C=N–C) groups is 1. The Morgan fingerprint density at radius 3 is 2.73 bits per heavy atom. The van der Waals surface area contributed by atoms with Crippen LogP contribution in [-0.2, 0) is 14.8 Å². The first-order valence-electron chi connectivity index (χ1n) is 9.46. The molecule has 0 saturated heterocycles. The molecule has 4 rings (SSSR count). The molecule has 7 nitrogen and oxygen atoms in total. The maximum atomic E-state index is 12.0. The third kappa shape index (κ3) is 4.06. The van der Waals surface area contributed by atoms with Crippen molar-refractivity contribution in [2.24, 2.45) is 10.9 Å². The Hall–Kier alpha value is -2.83. The van der Waals surface area contributed by atoms with E-state index in [1.165, 1.54) is 12.1 Å². The molecule has 0 bridgehead atoms.